The van der Waals surface area contributed by atoms with Crippen LogP contribution in [0, 0.1) is 5.92 Å². The summed E-state index contributed by atoms with van der Waals surface area (Å²) in [6.07, 6.45) is 3.06. The van der Waals surface area contributed by atoms with Gasteiger partial charge in [-0.05, 0) is 49.8 Å². The van der Waals surface area contributed by atoms with Crippen molar-refractivity contribution >= 4 is 41.3 Å². The van der Waals surface area contributed by atoms with Gasteiger partial charge in [0.1, 0.15) is 12.1 Å². The van der Waals surface area contributed by atoms with Crippen molar-refractivity contribution in [2.75, 3.05) is 11.9 Å². The molecule has 40 heavy (non-hydrogen) atoms. The summed E-state index contributed by atoms with van der Waals surface area (Å²) in [4.78, 5) is 74.7. The van der Waals surface area contributed by atoms with Crippen molar-refractivity contribution in [1.82, 2.24) is 20.9 Å². The average Bonchev–Trinajstić information content (AvgIpc) is 3.25. The zero-order valence-electron chi connectivity index (χ0n) is 22.9. The molecule has 1 aromatic carbocycles. The third-order valence-corrected chi connectivity index (χ3v) is 6.34. The van der Waals surface area contributed by atoms with Crippen LogP contribution in [-0.4, -0.2) is 70.2 Å². The van der Waals surface area contributed by atoms with Crippen LogP contribution in [0.2, 0.25) is 0 Å². The van der Waals surface area contributed by atoms with Gasteiger partial charge < -0.3 is 32.1 Å². The summed E-state index contributed by atoms with van der Waals surface area (Å²) in [6.45, 7) is 5.20. The fourth-order valence-electron chi connectivity index (χ4n) is 4.07. The number of nitrogens with one attached hydrogen (secondary N) is 4. The number of primary amides is 1. The predicted molar refractivity (Wildman–Crippen MR) is 146 cm³/mol. The van der Waals surface area contributed by atoms with E-state index in [4.69, 9.17) is 5.73 Å². The van der Waals surface area contributed by atoms with Crippen LogP contribution < -0.4 is 27.0 Å². The van der Waals surface area contributed by atoms with Crippen LogP contribution in [0.1, 0.15) is 52.0 Å². The molecule has 0 spiro atoms. The highest BCUT2D eigenvalue weighted by atomic mass is 16.3. The van der Waals surface area contributed by atoms with Crippen LogP contribution in [0.5, 0.6) is 0 Å². The van der Waals surface area contributed by atoms with Gasteiger partial charge in [0.15, 0.2) is 0 Å². The Morgan fingerprint density at radius 1 is 0.925 bits per heavy atom. The Bertz CT molecular complexity index is 1100. The third kappa shape index (κ3) is 9.80. The van der Waals surface area contributed by atoms with E-state index < -0.39 is 53.7 Å². The Morgan fingerprint density at radius 3 is 2.10 bits per heavy atom. The van der Waals surface area contributed by atoms with Crippen LogP contribution in [0.4, 0.5) is 10.5 Å². The van der Waals surface area contributed by atoms with Gasteiger partial charge in [0.2, 0.25) is 17.7 Å². The first-order chi connectivity index (χ1) is 18.9. The molecule has 2 rings (SSSR count). The van der Waals surface area contributed by atoms with E-state index in [0.717, 1.165) is 4.90 Å². The SMILES string of the molecule is CC(C)[C@H](NC(=O)CCC(C)N1C(=O)C=CC1=O)C(=O)N[C@@H](CCCNC(N)=O)C(=O)Nc1ccc(CO)cc1. The third-order valence-electron chi connectivity index (χ3n) is 6.34. The highest BCUT2D eigenvalue weighted by molar-refractivity contribution is 6.13. The molecule has 1 heterocycles. The summed E-state index contributed by atoms with van der Waals surface area (Å²) in [5.41, 5.74) is 6.22. The van der Waals surface area contributed by atoms with Crippen molar-refractivity contribution in [2.24, 2.45) is 11.7 Å². The van der Waals surface area contributed by atoms with Crippen LogP contribution >= 0.6 is 0 Å². The summed E-state index contributed by atoms with van der Waals surface area (Å²) in [5.74, 6) is -2.69. The van der Waals surface area contributed by atoms with E-state index in [1.54, 1.807) is 45.0 Å². The molecule has 7 amide bonds. The van der Waals surface area contributed by atoms with Gasteiger partial charge in [-0.25, -0.2) is 4.79 Å². The number of rotatable bonds is 15. The zero-order chi connectivity index (χ0) is 29.8. The molecule has 7 N–H and O–H groups in total. The molecule has 0 aliphatic carbocycles. The molecule has 1 aliphatic heterocycles. The number of nitrogens with two attached hydrogens (primary N) is 1. The number of aliphatic hydroxyl groups is 1. The second kappa shape index (κ2) is 15.4. The molecule has 13 heteroatoms. The van der Waals surface area contributed by atoms with Crippen molar-refractivity contribution in [2.45, 2.75) is 71.2 Å². The maximum absolute atomic E-state index is 13.2. The first-order valence-electron chi connectivity index (χ1n) is 13.1. The van der Waals surface area contributed by atoms with Gasteiger partial charge in [0, 0.05) is 36.8 Å². The van der Waals surface area contributed by atoms with Gasteiger partial charge >= 0.3 is 6.03 Å². The van der Waals surface area contributed by atoms with Crippen molar-refractivity contribution in [1.29, 1.82) is 0 Å². The van der Waals surface area contributed by atoms with Crippen molar-refractivity contribution < 1.29 is 33.9 Å². The predicted octanol–water partition coefficient (Wildman–Crippen LogP) is 0.285. The average molecular weight is 559 g/mol. The lowest BCUT2D eigenvalue weighted by molar-refractivity contribution is -0.139. The Labute approximate surface area is 232 Å². The minimum Gasteiger partial charge on any atom is -0.392 e. The van der Waals surface area contributed by atoms with E-state index in [2.05, 4.69) is 21.3 Å². The van der Waals surface area contributed by atoms with Gasteiger partial charge in [-0.3, -0.25) is 28.9 Å². The highest BCUT2D eigenvalue weighted by Crippen LogP contribution is 2.14. The number of anilines is 1. The van der Waals surface area contributed by atoms with Crippen LogP contribution in [0.25, 0.3) is 0 Å². The summed E-state index contributed by atoms with van der Waals surface area (Å²) < 4.78 is 0. The van der Waals surface area contributed by atoms with Crippen LogP contribution in [0.15, 0.2) is 36.4 Å². The van der Waals surface area contributed by atoms with Crippen molar-refractivity contribution in [3.63, 3.8) is 0 Å². The fourth-order valence-corrected chi connectivity index (χ4v) is 4.07. The van der Waals surface area contributed by atoms with Gasteiger partial charge in [-0.1, -0.05) is 26.0 Å². The van der Waals surface area contributed by atoms with E-state index in [-0.39, 0.29) is 38.3 Å². The largest absolute Gasteiger partial charge is 0.392 e. The Hall–Kier alpha value is -4.26. The Morgan fingerprint density at radius 2 is 1.55 bits per heavy atom. The lowest BCUT2D eigenvalue weighted by Gasteiger charge is -2.26. The molecular weight excluding hydrogens is 520 g/mol. The number of amides is 7. The number of nitrogens with zero attached hydrogens (tertiary/aromatic N) is 1. The number of hydrogen-bond donors (Lipinski definition) is 6. The molecule has 1 aliphatic rings. The molecule has 218 valence electrons. The standard InChI is InChI=1S/C27H38N6O7/c1-16(2)24(32-21(35)11-6-17(3)33-22(36)12-13-23(33)37)26(39)31-20(5-4-14-29-27(28)40)25(38)30-19-9-7-18(15-34)8-10-19/h7-10,12-13,16-17,20,24,34H,4-6,11,14-15H2,1-3H3,(H,30,38)(H,31,39)(H,32,35)(H3,28,29,40)/t17?,20-,24-/m0/s1. The fraction of sp³-hybridized carbons (Fsp3) is 0.481. The summed E-state index contributed by atoms with van der Waals surface area (Å²) in [5, 5.41) is 19.8. The van der Waals surface area contributed by atoms with Gasteiger partial charge in [0.05, 0.1) is 6.61 Å². The van der Waals surface area contributed by atoms with E-state index in [1.165, 1.54) is 12.2 Å². The first-order valence-corrected chi connectivity index (χ1v) is 13.1. The number of carbonyl (C=O) groups is 6. The summed E-state index contributed by atoms with van der Waals surface area (Å²) >= 11 is 0. The molecule has 1 unspecified atom stereocenters. The number of aliphatic hydroxyl groups excluding tert-OH is 1. The Kier molecular flexibility index (Phi) is 12.3. The highest BCUT2D eigenvalue weighted by Gasteiger charge is 2.31. The molecule has 0 fully saturated rings. The topological polar surface area (TPSA) is 200 Å². The smallest absolute Gasteiger partial charge is 0.312 e. The molecular formula is C27H38N6O7. The number of hydrogen-bond acceptors (Lipinski definition) is 7. The number of imide groups is 1. The Balaban J connectivity index is 2.02. The maximum atomic E-state index is 13.2. The minimum atomic E-state index is -0.988. The first kappa shape index (κ1) is 32.0. The lowest BCUT2D eigenvalue weighted by atomic mass is 10.0. The summed E-state index contributed by atoms with van der Waals surface area (Å²) in [7, 11) is 0. The lowest BCUT2D eigenvalue weighted by Crippen LogP contribution is -2.54. The molecule has 0 saturated carbocycles. The molecule has 13 nitrogen and oxygen atoms in total. The van der Waals surface area contributed by atoms with Crippen molar-refractivity contribution in [3.05, 3.63) is 42.0 Å². The molecule has 3 atom stereocenters. The molecule has 1 aromatic rings. The zero-order valence-corrected chi connectivity index (χ0v) is 22.9. The number of carbonyl (C=O) groups excluding carboxylic acids is 6. The van der Waals surface area contributed by atoms with Gasteiger partial charge in [0.25, 0.3) is 11.8 Å². The molecule has 0 aromatic heterocycles. The van der Waals surface area contributed by atoms with Crippen LogP contribution in [0.3, 0.4) is 0 Å². The molecule has 0 bridgehead atoms. The molecule has 0 radical (unpaired) electrons. The number of urea groups is 1. The molecule has 0 saturated heterocycles. The van der Waals surface area contributed by atoms with Gasteiger partial charge in [-0.15, -0.1) is 0 Å². The summed E-state index contributed by atoms with van der Waals surface area (Å²) in [6, 6.07) is 3.39. The monoisotopic (exact) mass is 558 g/mol. The van der Waals surface area contributed by atoms with E-state index in [1.807, 2.05) is 0 Å². The maximum Gasteiger partial charge on any atom is 0.312 e. The quantitative estimate of drug-likeness (QED) is 0.131. The second-order valence-electron chi connectivity index (χ2n) is 9.90. The number of benzene rings is 1. The normalized spacial score (nSPS) is 15.0. The van der Waals surface area contributed by atoms with E-state index >= 15 is 0 Å². The minimum absolute atomic E-state index is 0.0265. The van der Waals surface area contributed by atoms with Crippen LogP contribution in [-0.2, 0) is 30.6 Å². The second-order valence-corrected chi connectivity index (χ2v) is 9.90. The van der Waals surface area contributed by atoms with Crippen molar-refractivity contribution in [3.8, 4) is 0 Å². The van der Waals surface area contributed by atoms with E-state index in [0.29, 0.717) is 17.7 Å². The van der Waals surface area contributed by atoms with Gasteiger partial charge in [-0.2, -0.15) is 0 Å². The van der Waals surface area contributed by atoms with E-state index in [9.17, 15) is 33.9 Å².